The predicted molar refractivity (Wildman–Crippen MR) is 107 cm³/mol. The van der Waals surface area contributed by atoms with E-state index in [4.69, 9.17) is 4.42 Å². The van der Waals surface area contributed by atoms with Crippen LogP contribution >= 0.6 is 15.9 Å². The molecular weight excluding hydrogens is 394 g/mol. The molecule has 0 saturated carbocycles. The summed E-state index contributed by atoms with van der Waals surface area (Å²) in [6.45, 7) is 3.05. The van der Waals surface area contributed by atoms with E-state index < -0.39 is 5.91 Å². The Morgan fingerprint density at radius 1 is 1.15 bits per heavy atom. The van der Waals surface area contributed by atoms with Crippen molar-refractivity contribution in [3.63, 3.8) is 0 Å². The lowest BCUT2D eigenvalue weighted by molar-refractivity contribution is 0.0926. The highest BCUT2D eigenvalue weighted by atomic mass is 79.9. The van der Waals surface area contributed by atoms with Crippen LogP contribution in [0.15, 0.2) is 68.8 Å². The van der Waals surface area contributed by atoms with Gasteiger partial charge in [0, 0.05) is 28.4 Å². The lowest BCUT2D eigenvalue weighted by Crippen LogP contribution is -2.16. The first-order valence-electron chi connectivity index (χ1n) is 8.27. The van der Waals surface area contributed by atoms with Crippen molar-refractivity contribution in [3.8, 4) is 0 Å². The Balaban J connectivity index is 1.63. The van der Waals surface area contributed by atoms with Crippen molar-refractivity contribution < 1.29 is 9.21 Å². The summed E-state index contributed by atoms with van der Waals surface area (Å²) in [4.78, 5) is 11.9. The van der Waals surface area contributed by atoms with Gasteiger partial charge in [0.1, 0.15) is 0 Å². The van der Waals surface area contributed by atoms with Gasteiger partial charge in [0.15, 0.2) is 10.4 Å². The molecule has 0 unspecified atom stereocenters. The van der Waals surface area contributed by atoms with Crippen LogP contribution in [0.5, 0.6) is 0 Å². The monoisotopic (exact) mass is 409 g/mol. The van der Waals surface area contributed by atoms with E-state index in [1.807, 2.05) is 12.1 Å². The number of furan rings is 1. The largest absolute Gasteiger partial charge is 0.444 e. The third-order valence-electron chi connectivity index (χ3n) is 4.29. The Morgan fingerprint density at radius 3 is 2.73 bits per heavy atom. The van der Waals surface area contributed by atoms with Crippen LogP contribution in [0.1, 0.15) is 23.0 Å². The van der Waals surface area contributed by atoms with Crippen LogP contribution in [0.2, 0.25) is 0 Å². The molecule has 0 radical (unpaired) electrons. The molecule has 0 atom stereocenters. The third kappa shape index (κ3) is 2.93. The number of para-hydroxylation sites is 1. The molecule has 0 aliphatic rings. The molecule has 130 valence electrons. The molecule has 0 aliphatic heterocycles. The Hall–Kier alpha value is -2.86. The molecular formula is C20H16BrN3O2. The number of carbonyl (C=O) groups excluding carboxylic acids is 1. The first-order chi connectivity index (χ1) is 12.7. The molecule has 2 aromatic heterocycles. The zero-order valence-corrected chi connectivity index (χ0v) is 15.7. The number of aromatic nitrogens is 1. The molecule has 5 nitrogen and oxygen atoms in total. The van der Waals surface area contributed by atoms with E-state index in [0.29, 0.717) is 4.67 Å². The van der Waals surface area contributed by atoms with E-state index in [2.05, 4.69) is 68.3 Å². The summed E-state index contributed by atoms with van der Waals surface area (Å²) in [5.74, 6) is -0.189. The van der Waals surface area contributed by atoms with Crippen molar-refractivity contribution in [1.82, 2.24) is 9.99 Å². The summed E-state index contributed by atoms with van der Waals surface area (Å²) < 4.78 is 7.99. The Morgan fingerprint density at radius 2 is 1.96 bits per heavy atom. The van der Waals surface area contributed by atoms with Gasteiger partial charge in [-0.1, -0.05) is 24.3 Å². The summed E-state index contributed by atoms with van der Waals surface area (Å²) in [6, 6.07) is 17.8. The minimum Gasteiger partial charge on any atom is -0.444 e. The number of hydrogen-bond donors (Lipinski definition) is 1. The SMILES string of the molecule is CCn1c2ccccc2c2cc(/C=N/NC(=O)c3ccc(Br)o3)ccc21. The highest BCUT2D eigenvalue weighted by Crippen LogP contribution is 2.29. The fourth-order valence-electron chi connectivity index (χ4n) is 3.15. The molecule has 1 amide bonds. The highest BCUT2D eigenvalue weighted by molar-refractivity contribution is 9.10. The maximum Gasteiger partial charge on any atom is 0.307 e. The van der Waals surface area contributed by atoms with Crippen molar-refractivity contribution in [1.29, 1.82) is 0 Å². The molecule has 4 rings (SSSR count). The van der Waals surface area contributed by atoms with Crippen molar-refractivity contribution in [2.24, 2.45) is 5.10 Å². The van der Waals surface area contributed by atoms with Crippen LogP contribution in [-0.2, 0) is 6.54 Å². The summed E-state index contributed by atoms with van der Waals surface area (Å²) in [7, 11) is 0. The van der Waals surface area contributed by atoms with Gasteiger partial charge >= 0.3 is 5.91 Å². The number of hydrazone groups is 1. The van der Waals surface area contributed by atoms with E-state index in [-0.39, 0.29) is 5.76 Å². The molecule has 0 bridgehead atoms. The molecule has 0 fully saturated rings. The lowest BCUT2D eigenvalue weighted by Gasteiger charge is -2.02. The van der Waals surface area contributed by atoms with Crippen molar-refractivity contribution in [2.45, 2.75) is 13.5 Å². The lowest BCUT2D eigenvalue weighted by atomic mass is 10.1. The van der Waals surface area contributed by atoms with Crippen molar-refractivity contribution in [3.05, 3.63) is 70.6 Å². The number of amides is 1. The first-order valence-corrected chi connectivity index (χ1v) is 9.06. The van der Waals surface area contributed by atoms with Gasteiger partial charge < -0.3 is 8.98 Å². The van der Waals surface area contributed by atoms with Crippen LogP contribution in [0, 0.1) is 0 Å². The van der Waals surface area contributed by atoms with Gasteiger partial charge in [-0.15, -0.1) is 0 Å². The summed E-state index contributed by atoms with van der Waals surface area (Å²) in [6.07, 6.45) is 1.63. The number of halogens is 1. The van der Waals surface area contributed by atoms with Gasteiger partial charge in [0.05, 0.1) is 6.21 Å². The molecule has 1 N–H and O–H groups in total. The van der Waals surface area contributed by atoms with Crippen molar-refractivity contribution in [2.75, 3.05) is 0 Å². The van der Waals surface area contributed by atoms with Crippen LogP contribution in [0.4, 0.5) is 0 Å². The van der Waals surface area contributed by atoms with Gasteiger partial charge in [-0.25, -0.2) is 5.43 Å². The second-order valence-corrected chi connectivity index (χ2v) is 6.62. The van der Waals surface area contributed by atoms with E-state index in [1.54, 1.807) is 18.3 Å². The second kappa shape index (κ2) is 6.80. The van der Waals surface area contributed by atoms with Gasteiger partial charge in [0.25, 0.3) is 0 Å². The standard InChI is InChI=1S/C20H16BrN3O2/c1-2-24-16-6-4-3-5-14(16)15-11-13(7-8-17(15)24)12-22-23-20(25)18-9-10-19(21)26-18/h3-12H,2H2,1H3,(H,23,25)/b22-12+. The van der Waals surface area contributed by atoms with E-state index >= 15 is 0 Å². The molecule has 4 aromatic rings. The molecule has 26 heavy (non-hydrogen) atoms. The molecule has 0 spiro atoms. The zero-order valence-electron chi connectivity index (χ0n) is 14.1. The average molecular weight is 410 g/mol. The van der Waals surface area contributed by atoms with Gasteiger partial charge in [-0.3, -0.25) is 4.79 Å². The fourth-order valence-corrected chi connectivity index (χ4v) is 3.46. The third-order valence-corrected chi connectivity index (χ3v) is 4.72. The smallest absolute Gasteiger partial charge is 0.307 e. The maximum absolute atomic E-state index is 11.9. The maximum atomic E-state index is 11.9. The first kappa shape index (κ1) is 16.6. The summed E-state index contributed by atoms with van der Waals surface area (Å²) in [5, 5.41) is 6.42. The number of fused-ring (bicyclic) bond motifs is 3. The second-order valence-electron chi connectivity index (χ2n) is 5.84. The topological polar surface area (TPSA) is 59.5 Å². The number of nitrogens with zero attached hydrogens (tertiary/aromatic N) is 2. The molecule has 0 saturated heterocycles. The number of benzene rings is 2. The molecule has 0 aliphatic carbocycles. The summed E-state index contributed by atoms with van der Waals surface area (Å²) >= 11 is 3.17. The average Bonchev–Trinajstić information content (AvgIpc) is 3.23. The fraction of sp³-hybridized carbons (Fsp3) is 0.100. The van der Waals surface area contributed by atoms with E-state index in [0.717, 1.165) is 12.1 Å². The quantitative estimate of drug-likeness (QED) is 0.383. The normalized spacial score (nSPS) is 11.6. The van der Waals surface area contributed by atoms with Gasteiger partial charge in [-0.2, -0.15) is 5.10 Å². The van der Waals surface area contributed by atoms with E-state index in [9.17, 15) is 4.79 Å². The number of rotatable bonds is 4. The Labute approximate surface area is 158 Å². The number of carbonyl (C=O) groups is 1. The highest BCUT2D eigenvalue weighted by Gasteiger charge is 2.10. The predicted octanol–water partition coefficient (Wildman–Crippen LogP) is 4.93. The van der Waals surface area contributed by atoms with Gasteiger partial charge in [0.2, 0.25) is 0 Å². The van der Waals surface area contributed by atoms with Gasteiger partial charge in [-0.05, 0) is 58.7 Å². The van der Waals surface area contributed by atoms with Crippen LogP contribution in [0.3, 0.4) is 0 Å². The number of nitrogens with one attached hydrogen (secondary N) is 1. The van der Waals surface area contributed by atoms with E-state index in [1.165, 1.54) is 21.8 Å². The Kier molecular flexibility index (Phi) is 4.34. The van der Waals surface area contributed by atoms with Crippen LogP contribution in [0.25, 0.3) is 21.8 Å². The van der Waals surface area contributed by atoms with Crippen LogP contribution in [-0.4, -0.2) is 16.7 Å². The number of aryl methyl sites for hydroxylation is 1. The molecule has 6 heteroatoms. The van der Waals surface area contributed by atoms with Crippen molar-refractivity contribution >= 4 is 49.9 Å². The number of hydrogen-bond acceptors (Lipinski definition) is 3. The summed E-state index contributed by atoms with van der Waals surface area (Å²) in [5.41, 5.74) is 5.80. The minimum atomic E-state index is -0.393. The Bertz CT molecular complexity index is 1140. The molecule has 2 aromatic carbocycles. The minimum absolute atomic E-state index is 0.204. The zero-order chi connectivity index (χ0) is 18.1. The van der Waals surface area contributed by atoms with Crippen LogP contribution < -0.4 is 5.43 Å². The molecule has 2 heterocycles.